The van der Waals surface area contributed by atoms with Crippen molar-refractivity contribution in [1.82, 2.24) is 5.09 Å². The third kappa shape index (κ3) is 4.20. The molecule has 120 valence electrons. The van der Waals surface area contributed by atoms with Gasteiger partial charge in [0.25, 0.3) is 0 Å². The lowest BCUT2D eigenvalue weighted by atomic mass is 9.99. The highest BCUT2D eigenvalue weighted by Crippen LogP contribution is 2.45. The summed E-state index contributed by atoms with van der Waals surface area (Å²) in [5, 5.41) is 40.5. The van der Waals surface area contributed by atoms with Crippen molar-refractivity contribution in [3.8, 4) is 0 Å². The average Bonchev–Trinajstić information content (AvgIpc) is 2.40. The van der Waals surface area contributed by atoms with E-state index in [4.69, 9.17) is 18.9 Å². The summed E-state index contributed by atoms with van der Waals surface area (Å²) >= 11 is 0. The van der Waals surface area contributed by atoms with E-state index in [1.165, 1.54) is 0 Å². The summed E-state index contributed by atoms with van der Waals surface area (Å²) in [6, 6.07) is 0. The van der Waals surface area contributed by atoms with Crippen LogP contribution in [0.2, 0.25) is 0 Å². The van der Waals surface area contributed by atoms with Gasteiger partial charge in [0, 0.05) is 0 Å². The standard InChI is InChI=1S/C10H22NO8P/c1-3-17-20(16,18-4-2)11-10-9(15)8(14)7(13)6(5-12)19-10/h6-10,12-15H,3-5H2,1-2H3,(H,11,16)/t6-,7-,8+,9-,10-/m1/s1. The highest BCUT2D eigenvalue weighted by Gasteiger charge is 2.46. The smallest absolute Gasteiger partial charge is 0.394 e. The quantitative estimate of drug-likeness (QED) is 0.357. The average molecular weight is 315 g/mol. The predicted octanol–water partition coefficient (Wildman–Crippen LogP) is -1.44. The number of ether oxygens (including phenoxy) is 1. The zero-order chi connectivity index (χ0) is 15.3. The third-order valence-corrected chi connectivity index (χ3v) is 4.54. The molecule has 0 bridgehead atoms. The van der Waals surface area contributed by atoms with Crippen LogP contribution < -0.4 is 5.09 Å². The van der Waals surface area contributed by atoms with E-state index < -0.39 is 45.0 Å². The molecule has 1 aliphatic heterocycles. The molecule has 0 unspecified atom stereocenters. The third-order valence-electron chi connectivity index (χ3n) is 2.78. The molecule has 0 aliphatic carbocycles. The Bertz CT molecular complexity index is 331. The maximum atomic E-state index is 12.3. The Hall–Kier alpha value is -0.0900. The molecule has 10 heteroatoms. The molecule has 5 N–H and O–H groups in total. The lowest BCUT2D eigenvalue weighted by molar-refractivity contribution is -0.232. The van der Waals surface area contributed by atoms with Gasteiger partial charge in [0.2, 0.25) is 0 Å². The van der Waals surface area contributed by atoms with Crippen LogP contribution >= 0.6 is 7.75 Å². The van der Waals surface area contributed by atoms with Crippen LogP contribution in [0.25, 0.3) is 0 Å². The minimum atomic E-state index is -3.72. The first kappa shape index (κ1) is 18.0. The zero-order valence-electron chi connectivity index (χ0n) is 11.4. The van der Waals surface area contributed by atoms with E-state index in [-0.39, 0.29) is 13.2 Å². The van der Waals surface area contributed by atoms with Crippen molar-refractivity contribution in [3.05, 3.63) is 0 Å². The molecular formula is C10H22NO8P. The fraction of sp³-hybridized carbons (Fsp3) is 1.00. The fourth-order valence-electron chi connectivity index (χ4n) is 1.82. The minimum absolute atomic E-state index is 0.0989. The number of nitrogens with one attached hydrogen (secondary N) is 1. The fourth-order valence-corrected chi connectivity index (χ4v) is 3.24. The summed E-state index contributed by atoms with van der Waals surface area (Å²) < 4.78 is 27.4. The van der Waals surface area contributed by atoms with Crippen molar-refractivity contribution in [2.45, 2.75) is 44.5 Å². The molecule has 9 nitrogen and oxygen atoms in total. The largest absolute Gasteiger partial charge is 0.407 e. The lowest BCUT2D eigenvalue weighted by Crippen LogP contribution is -2.61. The molecule has 1 saturated heterocycles. The maximum Gasteiger partial charge on any atom is 0.407 e. The van der Waals surface area contributed by atoms with Gasteiger partial charge in [0.1, 0.15) is 30.6 Å². The van der Waals surface area contributed by atoms with E-state index in [0.29, 0.717) is 0 Å². The van der Waals surface area contributed by atoms with Gasteiger partial charge in [-0.3, -0.25) is 9.05 Å². The van der Waals surface area contributed by atoms with E-state index in [9.17, 15) is 19.9 Å². The molecule has 5 atom stereocenters. The normalized spacial score (nSPS) is 35.2. The van der Waals surface area contributed by atoms with Gasteiger partial charge < -0.3 is 25.2 Å². The van der Waals surface area contributed by atoms with Crippen LogP contribution in [-0.2, 0) is 18.3 Å². The molecule has 1 rings (SSSR count). The van der Waals surface area contributed by atoms with Gasteiger partial charge in [-0.1, -0.05) is 0 Å². The second-order valence-corrected chi connectivity index (χ2v) is 5.98. The molecule has 0 radical (unpaired) electrons. The first-order valence-electron chi connectivity index (χ1n) is 6.36. The van der Waals surface area contributed by atoms with Gasteiger partial charge in [-0.05, 0) is 13.8 Å². The molecule has 0 aromatic carbocycles. The SMILES string of the molecule is CCOP(=O)(N[C@@H]1O[C@H](CO)[C@@H](O)[C@H](O)[C@H]1O)OCC. The van der Waals surface area contributed by atoms with E-state index in [1.807, 2.05) is 0 Å². The summed E-state index contributed by atoms with van der Waals surface area (Å²) in [5.41, 5.74) is 0. The highest BCUT2D eigenvalue weighted by molar-refractivity contribution is 7.51. The van der Waals surface area contributed by atoms with Crippen LogP contribution in [0.3, 0.4) is 0 Å². The van der Waals surface area contributed by atoms with Gasteiger partial charge in [0.15, 0.2) is 0 Å². The Morgan fingerprint density at radius 3 is 2.10 bits per heavy atom. The molecule has 0 aromatic heterocycles. The van der Waals surface area contributed by atoms with Crippen LogP contribution in [0.5, 0.6) is 0 Å². The van der Waals surface area contributed by atoms with E-state index >= 15 is 0 Å². The number of hydrogen-bond donors (Lipinski definition) is 5. The zero-order valence-corrected chi connectivity index (χ0v) is 12.3. The molecule has 1 aliphatic rings. The van der Waals surface area contributed by atoms with Crippen LogP contribution in [0.15, 0.2) is 0 Å². The molecule has 0 saturated carbocycles. The molecule has 0 amide bonds. The second-order valence-electron chi connectivity index (χ2n) is 4.21. The summed E-state index contributed by atoms with van der Waals surface area (Å²) in [6.07, 6.45) is -7.00. The number of hydrogen-bond acceptors (Lipinski definition) is 8. The van der Waals surface area contributed by atoms with Gasteiger partial charge in [-0.2, -0.15) is 5.09 Å². The minimum Gasteiger partial charge on any atom is -0.394 e. The van der Waals surface area contributed by atoms with Gasteiger partial charge >= 0.3 is 7.75 Å². The first-order chi connectivity index (χ1) is 9.38. The van der Waals surface area contributed by atoms with Crippen molar-refractivity contribution >= 4 is 7.75 Å². The van der Waals surface area contributed by atoms with Crippen molar-refractivity contribution in [1.29, 1.82) is 0 Å². The van der Waals surface area contributed by atoms with Crippen LogP contribution in [-0.4, -0.2) is 70.9 Å². The van der Waals surface area contributed by atoms with Crippen LogP contribution in [0.4, 0.5) is 0 Å². The maximum absolute atomic E-state index is 12.3. The van der Waals surface area contributed by atoms with Crippen molar-refractivity contribution in [2.24, 2.45) is 0 Å². The van der Waals surface area contributed by atoms with Crippen LogP contribution in [0, 0.1) is 0 Å². The van der Waals surface area contributed by atoms with Crippen LogP contribution in [0.1, 0.15) is 13.8 Å². The molecular weight excluding hydrogens is 293 g/mol. The molecule has 1 heterocycles. The Morgan fingerprint density at radius 2 is 1.65 bits per heavy atom. The Balaban J connectivity index is 2.80. The molecule has 1 fully saturated rings. The summed E-state index contributed by atoms with van der Waals surface area (Å²) in [6.45, 7) is 2.85. The summed E-state index contributed by atoms with van der Waals surface area (Å²) in [4.78, 5) is 0. The second kappa shape index (κ2) is 7.79. The van der Waals surface area contributed by atoms with E-state index in [1.54, 1.807) is 13.8 Å². The molecule has 0 aromatic rings. The Kier molecular flexibility index (Phi) is 6.99. The van der Waals surface area contributed by atoms with Crippen molar-refractivity contribution in [3.63, 3.8) is 0 Å². The topological polar surface area (TPSA) is 138 Å². The highest BCUT2D eigenvalue weighted by atomic mass is 31.2. The summed E-state index contributed by atoms with van der Waals surface area (Å²) in [7, 11) is -3.72. The Labute approximate surface area is 117 Å². The molecule has 20 heavy (non-hydrogen) atoms. The van der Waals surface area contributed by atoms with Crippen molar-refractivity contribution in [2.75, 3.05) is 19.8 Å². The monoisotopic (exact) mass is 315 g/mol. The molecule has 0 spiro atoms. The number of aliphatic hydroxyl groups is 4. The number of rotatable bonds is 7. The number of aliphatic hydroxyl groups excluding tert-OH is 4. The van der Waals surface area contributed by atoms with E-state index in [2.05, 4.69) is 5.09 Å². The lowest BCUT2D eigenvalue weighted by Gasteiger charge is -2.40. The first-order valence-corrected chi connectivity index (χ1v) is 7.90. The van der Waals surface area contributed by atoms with E-state index in [0.717, 1.165) is 0 Å². The van der Waals surface area contributed by atoms with Gasteiger partial charge in [-0.25, -0.2) is 4.57 Å². The predicted molar refractivity (Wildman–Crippen MR) is 67.8 cm³/mol. The van der Waals surface area contributed by atoms with Gasteiger partial charge in [0.05, 0.1) is 19.8 Å². The Morgan fingerprint density at radius 1 is 1.10 bits per heavy atom. The van der Waals surface area contributed by atoms with Crippen molar-refractivity contribution < 1.29 is 38.8 Å². The summed E-state index contributed by atoms with van der Waals surface area (Å²) in [5.74, 6) is 0. The van der Waals surface area contributed by atoms with Gasteiger partial charge in [-0.15, -0.1) is 0 Å².